The van der Waals surface area contributed by atoms with Crippen LogP contribution in [0.15, 0.2) is 6.07 Å². The van der Waals surface area contributed by atoms with Crippen molar-refractivity contribution in [1.82, 2.24) is 20.0 Å². The molecule has 0 atom stereocenters. The fourth-order valence-corrected chi connectivity index (χ4v) is 5.76. The van der Waals surface area contributed by atoms with E-state index in [2.05, 4.69) is 29.0 Å². The predicted molar refractivity (Wildman–Crippen MR) is 113 cm³/mol. The third-order valence-corrected chi connectivity index (χ3v) is 7.26. The van der Waals surface area contributed by atoms with Crippen molar-refractivity contribution in [2.24, 2.45) is 5.92 Å². The van der Waals surface area contributed by atoms with Crippen molar-refractivity contribution in [2.45, 2.75) is 57.5 Å². The summed E-state index contributed by atoms with van der Waals surface area (Å²) in [6.07, 6.45) is 6.56. The zero-order chi connectivity index (χ0) is 19.7. The Morgan fingerprint density at radius 3 is 2.64 bits per heavy atom. The first-order chi connectivity index (χ1) is 13.5. The number of carbonyl (C=O) groups excluding carboxylic acids is 1. The molecule has 1 saturated carbocycles. The van der Waals surface area contributed by atoms with Crippen molar-refractivity contribution in [1.29, 1.82) is 0 Å². The highest BCUT2D eigenvalue weighted by atomic mass is 32.1. The SMILES string of the molecule is Cc1nn(C2CCOCC2)c2sc(C(=O)N[C@H]3CC[C@H](CN(C)C)CC3)cc12. The molecular formula is C21H32N4O2S. The van der Waals surface area contributed by atoms with Crippen LogP contribution in [0.4, 0.5) is 0 Å². The summed E-state index contributed by atoms with van der Waals surface area (Å²) < 4.78 is 7.63. The van der Waals surface area contributed by atoms with Gasteiger partial charge in [0.05, 0.1) is 16.6 Å². The van der Waals surface area contributed by atoms with Crippen LogP contribution in [0.1, 0.15) is 59.9 Å². The molecule has 28 heavy (non-hydrogen) atoms. The molecule has 2 aliphatic rings. The minimum Gasteiger partial charge on any atom is -0.381 e. The van der Waals surface area contributed by atoms with Crippen molar-refractivity contribution in [3.8, 4) is 0 Å². The lowest BCUT2D eigenvalue weighted by Gasteiger charge is -2.30. The van der Waals surface area contributed by atoms with E-state index in [1.807, 2.05) is 13.0 Å². The Balaban J connectivity index is 1.42. The number of thiophene rings is 1. The number of hydrogen-bond donors (Lipinski definition) is 1. The number of carbonyl (C=O) groups is 1. The molecular weight excluding hydrogens is 372 g/mol. The van der Waals surface area contributed by atoms with Gasteiger partial charge >= 0.3 is 0 Å². The number of amides is 1. The number of nitrogens with zero attached hydrogens (tertiary/aromatic N) is 3. The molecule has 2 aromatic heterocycles. The van der Waals surface area contributed by atoms with E-state index in [9.17, 15) is 4.79 Å². The van der Waals surface area contributed by atoms with Gasteiger partial charge < -0.3 is 15.0 Å². The molecule has 2 aromatic rings. The zero-order valence-electron chi connectivity index (χ0n) is 17.2. The minimum absolute atomic E-state index is 0.0789. The molecule has 0 bridgehead atoms. The van der Waals surface area contributed by atoms with Crippen LogP contribution in [0.3, 0.4) is 0 Å². The first-order valence-corrected chi connectivity index (χ1v) is 11.3. The number of fused-ring (bicyclic) bond motifs is 1. The highest BCUT2D eigenvalue weighted by Crippen LogP contribution is 2.33. The second-order valence-corrected chi connectivity index (χ2v) is 9.69. The van der Waals surface area contributed by atoms with Crippen molar-refractivity contribution in [3.05, 3.63) is 16.6 Å². The van der Waals surface area contributed by atoms with E-state index in [0.717, 1.165) is 72.1 Å². The summed E-state index contributed by atoms with van der Waals surface area (Å²) in [6.45, 7) is 4.78. The molecule has 7 heteroatoms. The van der Waals surface area contributed by atoms with Crippen LogP contribution >= 0.6 is 11.3 Å². The first-order valence-electron chi connectivity index (χ1n) is 10.5. The van der Waals surface area contributed by atoms with Crippen LogP contribution in [-0.2, 0) is 4.74 Å². The topological polar surface area (TPSA) is 59.4 Å². The molecule has 3 heterocycles. The molecule has 0 spiro atoms. The Bertz CT molecular complexity index is 814. The largest absolute Gasteiger partial charge is 0.381 e. The van der Waals surface area contributed by atoms with Gasteiger partial charge in [0.25, 0.3) is 5.91 Å². The highest BCUT2D eigenvalue weighted by Gasteiger charge is 2.26. The summed E-state index contributed by atoms with van der Waals surface area (Å²) in [5, 5.41) is 9.17. The van der Waals surface area contributed by atoms with E-state index in [4.69, 9.17) is 9.84 Å². The fourth-order valence-electron chi connectivity index (χ4n) is 4.62. The Morgan fingerprint density at radius 2 is 1.96 bits per heavy atom. The molecule has 1 saturated heterocycles. The second kappa shape index (κ2) is 8.51. The molecule has 1 aliphatic carbocycles. The molecule has 0 radical (unpaired) electrons. The molecule has 1 aliphatic heterocycles. The van der Waals surface area contributed by atoms with E-state index in [0.29, 0.717) is 12.1 Å². The molecule has 1 amide bonds. The highest BCUT2D eigenvalue weighted by molar-refractivity contribution is 7.20. The Labute approximate surface area is 171 Å². The maximum atomic E-state index is 12.9. The maximum absolute atomic E-state index is 12.9. The van der Waals surface area contributed by atoms with Crippen LogP contribution in [0, 0.1) is 12.8 Å². The average molecular weight is 405 g/mol. The Hall–Kier alpha value is -1.44. The lowest BCUT2D eigenvalue weighted by Crippen LogP contribution is -2.38. The smallest absolute Gasteiger partial charge is 0.261 e. The molecule has 6 nitrogen and oxygen atoms in total. The number of rotatable bonds is 5. The van der Waals surface area contributed by atoms with Crippen molar-refractivity contribution >= 4 is 27.5 Å². The molecule has 1 N–H and O–H groups in total. The monoisotopic (exact) mass is 404 g/mol. The summed E-state index contributed by atoms with van der Waals surface area (Å²) in [4.78, 5) is 17.1. The van der Waals surface area contributed by atoms with Gasteiger partial charge in [-0.1, -0.05) is 0 Å². The minimum atomic E-state index is 0.0789. The average Bonchev–Trinajstić information content (AvgIpc) is 3.24. The van der Waals surface area contributed by atoms with Gasteiger partial charge in [0.1, 0.15) is 4.83 Å². The van der Waals surface area contributed by atoms with E-state index in [1.54, 1.807) is 11.3 Å². The number of hydrogen-bond acceptors (Lipinski definition) is 5. The van der Waals surface area contributed by atoms with Crippen molar-refractivity contribution in [2.75, 3.05) is 33.9 Å². The maximum Gasteiger partial charge on any atom is 0.261 e. The van der Waals surface area contributed by atoms with Gasteiger partial charge in [0, 0.05) is 31.2 Å². The van der Waals surface area contributed by atoms with Gasteiger partial charge in [-0.15, -0.1) is 11.3 Å². The van der Waals surface area contributed by atoms with Crippen LogP contribution in [0.25, 0.3) is 10.2 Å². The molecule has 0 unspecified atom stereocenters. The summed E-state index contributed by atoms with van der Waals surface area (Å²) >= 11 is 1.58. The third-order valence-electron chi connectivity index (χ3n) is 6.13. The van der Waals surface area contributed by atoms with Gasteiger partial charge in [0.2, 0.25) is 0 Å². The van der Waals surface area contributed by atoms with Gasteiger partial charge in [-0.25, -0.2) is 0 Å². The van der Waals surface area contributed by atoms with Gasteiger partial charge in [0.15, 0.2) is 0 Å². The predicted octanol–water partition coefficient (Wildman–Crippen LogP) is 3.61. The van der Waals surface area contributed by atoms with E-state index >= 15 is 0 Å². The quantitative estimate of drug-likeness (QED) is 0.827. The molecule has 154 valence electrons. The van der Waals surface area contributed by atoms with Gasteiger partial charge in [-0.2, -0.15) is 5.10 Å². The first kappa shape index (κ1) is 19.9. The number of nitrogens with one attached hydrogen (secondary N) is 1. The number of ether oxygens (including phenoxy) is 1. The summed E-state index contributed by atoms with van der Waals surface area (Å²) in [7, 11) is 4.28. The molecule has 0 aromatic carbocycles. The van der Waals surface area contributed by atoms with Crippen molar-refractivity contribution in [3.63, 3.8) is 0 Å². The van der Waals surface area contributed by atoms with Crippen LogP contribution in [-0.4, -0.2) is 60.5 Å². The van der Waals surface area contributed by atoms with E-state index in [-0.39, 0.29) is 5.91 Å². The standard InChI is InChI=1S/C21H32N4O2S/c1-14-18-12-19(28-21(18)25(23-14)17-8-10-27-11-9-17)20(26)22-16-6-4-15(5-7-16)13-24(2)3/h12,15-17H,4-11,13H2,1-3H3,(H,22,26)/t15-,16-. The zero-order valence-corrected chi connectivity index (χ0v) is 18.1. The van der Waals surface area contributed by atoms with Crippen molar-refractivity contribution < 1.29 is 9.53 Å². The van der Waals surface area contributed by atoms with E-state index in [1.165, 1.54) is 12.8 Å². The summed E-state index contributed by atoms with van der Waals surface area (Å²) in [5.74, 6) is 0.843. The van der Waals surface area contributed by atoms with E-state index < -0.39 is 0 Å². The molecule has 4 rings (SSSR count). The fraction of sp³-hybridized carbons (Fsp3) is 0.714. The third kappa shape index (κ3) is 4.26. The number of aryl methyl sites for hydroxylation is 1. The Kier molecular flexibility index (Phi) is 6.04. The summed E-state index contributed by atoms with van der Waals surface area (Å²) in [5.41, 5.74) is 1.01. The van der Waals surface area contributed by atoms with Crippen LogP contribution in [0.2, 0.25) is 0 Å². The normalized spacial score (nSPS) is 24.1. The number of aromatic nitrogens is 2. The van der Waals surface area contributed by atoms with Gasteiger partial charge in [-0.3, -0.25) is 9.48 Å². The molecule has 2 fully saturated rings. The van der Waals surface area contributed by atoms with Crippen LogP contribution in [0.5, 0.6) is 0 Å². The van der Waals surface area contributed by atoms with Crippen LogP contribution < -0.4 is 5.32 Å². The Morgan fingerprint density at radius 1 is 1.25 bits per heavy atom. The van der Waals surface area contributed by atoms with Gasteiger partial charge in [-0.05, 0) is 71.5 Å². The summed E-state index contributed by atoms with van der Waals surface area (Å²) in [6, 6.07) is 2.72. The second-order valence-electron chi connectivity index (χ2n) is 8.66. The lowest BCUT2D eigenvalue weighted by molar-refractivity contribution is 0.0675. The lowest BCUT2D eigenvalue weighted by atomic mass is 9.86.